The number of carbonyl (C=O) groups is 1. The molecule has 0 atom stereocenters. The molecule has 0 aliphatic carbocycles. The number of nitrogens with zero attached hydrogens (tertiary/aromatic N) is 5. The molecule has 23 heavy (non-hydrogen) atoms. The molecule has 0 radical (unpaired) electrons. The Hall–Kier alpha value is -3.21. The Morgan fingerprint density at radius 1 is 1.30 bits per heavy atom. The van der Waals surface area contributed by atoms with E-state index in [2.05, 4.69) is 20.0 Å². The van der Waals surface area contributed by atoms with Crippen molar-refractivity contribution in [2.45, 2.75) is 0 Å². The molecule has 0 fully saturated rings. The molecule has 1 aromatic heterocycles. The van der Waals surface area contributed by atoms with Crippen molar-refractivity contribution in [3.8, 4) is 5.88 Å². The molecule has 0 amide bonds. The highest BCUT2D eigenvalue weighted by molar-refractivity contribution is 7.87. The molecule has 0 aliphatic heterocycles. The van der Waals surface area contributed by atoms with E-state index in [1.54, 1.807) is 4.72 Å². The van der Waals surface area contributed by atoms with Crippen molar-refractivity contribution in [3.63, 3.8) is 0 Å². The van der Waals surface area contributed by atoms with Gasteiger partial charge in [0.1, 0.15) is 0 Å². The molecule has 12 heteroatoms. The summed E-state index contributed by atoms with van der Waals surface area (Å²) in [6, 6.07) is 6.82. The van der Waals surface area contributed by atoms with Crippen LogP contribution in [-0.4, -0.2) is 28.9 Å². The quantitative estimate of drug-likeness (QED) is 0.276. The standard InChI is InChI=1S/C11H8N6O5S/c12-17-15-8-3-1-7(2-4-8)10(18)22-9-5-6-13-11(14-9)16-23(19,20)21/h1-6H,(H,13,14,16)(H,19,20,21). The third kappa shape index (κ3) is 4.93. The minimum Gasteiger partial charge on any atom is -0.404 e. The summed E-state index contributed by atoms with van der Waals surface area (Å²) in [6.45, 7) is 0. The Kier molecular flexibility index (Phi) is 4.71. The monoisotopic (exact) mass is 336 g/mol. The van der Waals surface area contributed by atoms with Crippen LogP contribution in [0.25, 0.3) is 10.4 Å². The van der Waals surface area contributed by atoms with E-state index in [0.717, 1.165) is 6.20 Å². The lowest BCUT2D eigenvalue weighted by Crippen LogP contribution is -2.14. The van der Waals surface area contributed by atoms with E-state index >= 15 is 0 Å². The number of carbonyl (C=O) groups excluding carboxylic acids is 1. The summed E-state index contributed by atoms with van der Waals surface area (Å²) in [6.07, 6.45) is 1.13. The summed E-state index contributed by atoms with van der Waals surface area (Å²) in [5.41, 5.74) is 8.77. The van der Waals surface area contributed by atoms with Gasteiger partial charge in [-0.15, -0.1) is 0 Å². The van der Waals surface area contributed by atoms with Crippen LogP contribution >= 0.6 is 0 Å². The van der Waals surface area contributed by atoms with Crippen molar-refractivity contribution in [1.29, 1.82) is 0 Å². The summed E-state index contributed by atoms with van der Waals surface area (Å²) in [4.78, 5) is 21.6. The molecule has 0 saturated carbocycles. The highest BCUT2D eigenvalue weighted by Gasteiger charge is 2.12. The number of nitrogens with one attached hydrogen (secondary N) is 1. The number of esters is 1. The van der Waals surface area contributed by atoms with Crippen LogP contribution in [0.2, 0.25) is 0 Å². The van der Waals surface area contributed by atoms with E-state index in [4.69, 9.17) is 14.8 Å². The summed E-state index contributed by atoms with van der Waals surface area (Å²) in [5, 5.41) is 3.36. The van der Waals surface area contributed by atoms with Crippen LogP contribution in [0.4, 0.5) is 11.6 Å². The van der Waals surface area contributed by atoms with Crippen LogP contribution in [0.15, 0.2) is 41.6 Å². The Bertz CT molecular complexity index is 876. The predicted octanol–water partition coefficient (Wildman–Crippen LogP) is 1.85. The zero-order valence-electron chi connectivity index (χ0n) is 11.2. The molecule has 2 rings (SSSR count). The van der Waals surface area contributed by atoms with E-state index in [1.165, 1.54) is 30.3 Å². The maximum absolute atomic E-state index is 11.9. The number of rotatable bonds is 5. The topological polar surface area (TPSA) is 167 Å². The second-order valence-electron chi connectivity index (χ2n) is 3.92. The van der Waals surface area contributed by atoms with Crippen LogP contribution in [0, 0.1) is 0 Å². The first-order valence-corrected chi connectivity index (χ1v) is 7.27. The van der Waals surface area contributed by atoms with E-state index in [9.17, 15) is 13.2 Å². The fourth-order valence-electron chi connectivity index (χ4n) is 1.43. The first kappa shape index (κ1) is 16.2. The summed E-state index contributed by atoms with van der Waals surface area (Å²) in [5.74, 6) is -1.46. The van der Waals surface area contributed by atoms with Gasteiger partial charge in [0.2, 0.25) is 11.8 Å². The fraction of sp³-hybridized carbons (Fsp3) is 0. The summed E-state index contributed by atoms with van der Waals surface area (Å²) >= 11 is 0. The lowest BCUT2D eigenvalue weighted by atomic mass is 10.2. The largest absolute Gasteiger partial charge is 0.404 e. The van der Waals surface area contributed by atoms with Gasteiger partial charge in [0.15, 0.2) is 0 Å². The summed E-state index contributed by atoms with van der Waals surface area (Å²) < 4.78 is 36.5. The zero-order valence-corrected chi connectivity index (χ0v) is 12.0. The summed E-state index contributed by atoms with van der Waals surface area (Å²) in [7, 11) is -4.54. The van der Waals surface area contributed by atoms with E-state index in [-0.39, 0.29) is 11.4 Å². The number of benzene rings is 1. The van der Waals surface area contributed by atoms with Crippen molar-refractivity contribution in [2.75, 3.05) is 4.72 Å². The van der Waals surface area contributed by atoms with Gasteiger partial charge in [0.05, 0.1) is 5.56 Å². The lowest BCUT2D eigenvalue weighted by molar-refractivity contribution is 0.0727. The molecular formula is C11H8N6O5S. The SMILES string of the molecule is [N-]=[N+]=Nc1ccc(C(=O)Oc2ccnc(NS(=O)(=O)O)n2)cc1. The van der Waals surface area contributed by atoms with Gasteiger partial charge < -0.3 is 4.74 Å². The van der Waals surface area contributed by atoms with Crippen LogP contribution in [0.5, 0.6) is 5.88 Å². The maximum atomic E-state index is 11.9. The number of ether oxygens (including phenoxy) is 1. The first-order chi connectivity index (χ1) is 10.9. The Morgan fingerprint density at radius 2 is 2.00 bits per heavy atom. The minimum atomic E-state index is -4.54. The Balaban J connectivity index is 2.13. The van der Waals surface area contributed by atoms with Crippen molar-refractivity contribution in [2.24, 2.45) is 5.11 Å². The van der Waals surface area contributed by atoms with Crippen molar-refractivity contribution >= 4 is 27.9 Å². The number of aromatic nitrogens is 2. The number of azide groups is 1. The van der Waals surface area contributed by atoms with Crippen LogP contribution in [0.1, 0.15) is 10.4 Å². The molecule has 11 nitrogen and oxygen atoms in total. The molecular weight excluding hydrogens is 328 g/mol. The molecule has 0 saturated heterocycles. The second-order valence-corrected chi connectivity index (χ2v) is 5.08. The van der Waals surface area contributed by atoms with Crippen molar-refractivity contribution in [1.82, 2.24) is 9.97 Å². The molecule has 0 bridgehead atoms. The molecule has 0 unspecified atom stereocenters. The molecule has 1 aromatic carbocycles. The van der Waals surface area contributed by atoms with Crippen LogP contribution in [-0.2, 0) is 10.3 Å². The molecule has 2 N–H and O–H groups in total. The average molecular weight is 336 g/mol. The third-order valence-electron chi connectivity index (χ3n) is 2.31. The fourth-order valence-corrected chi connectivity index (χ4v) is 1.76. The normalized spacial score (nSPS) is 10.5. The van der Waals surface area contributed by atoms with E-state index in [1.807, 2.05) is 0 Å². The van der Waals surface area contributed by atoms with Gasteiger partial charge in [-0.25, -0.2) is 14.5 Å². The Labute approximate surface area is 129 Å². The third-order valence-corrected chi connectivity index (χ3v) is 2.75. The molecule has 1 heterocycles. The lowest BCUT2D eigenvalue weighted by Gasteiger charge is -2.05. The van der Waals surface area contributed by atoms with Gasteiger partial charge in [-0.05, 0) is 17.7 Å². The molecule has 2 aromatic rings. The van der Waals surface area contributed by atoms with Crippen molar-refractivity contribution < 1.29 is 22.5 Å². The van der Waals surface area contributed by atoms with Gasteiger partial charge in [-0.2, -0.15) is 13.4 Å². The maximum Gasteiger partial charge on any atom is 0.359 e. The molecule has 118 valence electrons. The highest BCUT2D eigenvalue weighted by atomic mass is 32.2. The van der Waals surface area contributed by atoms with Gasteiger partial charge in [-0.1, -0.05) is 17.2 Å². The minimum absolute atomic E-state index is 0.157. The smallest absolute Gasteiger partial charge is 0.359 e. The van der Waals surface area contributed by atoms with Crippen LogP contribution < -0.4 is 9.46 Å². The highest BCUT2D eigenvalue weighted by Crippen LogP contribution is 2.15. The first-order valence-electron chi connectivity index (χ1n) is 5.83. The van der Waals surface area contributed by atoms with Gasteiger partial charge in [0.25, 0.3) is 0 Å². The predicted molar refractivity (Wildman–Crippen MR) is 77.4 cm³/mol. The van der Waals surface area contributed by atoms with Gasteiger partial charge >= 0.3 is 16.3 Å². The van der Waals surface area contributed by atoms with E-state index in [0.29, 0.717) is 5.69 Å². The van der Waals surface area contributed by atoms with Crippen molar-refractivity contribution in [3.05, 3.63) is 52.5 Å². The van der Waals surface area contributed by atoms with E-state index < -0.39 is 22.2 Å². The van der Waals surface area contributed by atoms with Crippen LogP contribution in [0.3, 0.4) is 0 Å². The second kappa shape index (κ2) is 6.70. The Morgan fingerprint density at radius 3 is 2.61 bits per heavy atom. The number of hydrogen-bond donors (Lipinski definition) is 2. The van der Waals surface area contributed by atoms with Gasteiger partial charge in [-0.3, -0.25) is 4.55 Å². The average Bonchev–Trinajstić information content (AvgIpc) is 2.47. The molecule has 0 spiro atoms. The van der Waals surface area contributed by atoms with Gasteiger partial charge in [0, 0.05) is 22.9 Å². The number of hydrogen-bond acceptors (Lipinski definition) is 7. The number of anilines is 1. The zero-order chi connectivity index (χ0) is 16.9. The molecule has 0 aliphatic rings.